The van der Waals surface area contributed by atoms with Crippen LogP contribution in [-0.2, 0) is 9.53 Å². The normalized spacial score (nSPS) is 50.3. The zero-order valence-corrected chi connectivity index (χ0v) is 15.9. The smallest absolute Gasteiger partial charge is 0.302 e. The minimum atomic E-state index is -0.0901. The minimum Gasteiger partial charge on any atom is -0.462 e. The van der Waals surface area contributed by atoms with Crippen LogP contribution in [0, 0.1) is 34.5 Å². The number of fused-ring (bicyclic) bond motifs is 5. The van der Waals surface area contributed by atoms with E-state index in [9.17, 15) is 4.79 Å². The molecule has 4 aliphatic carbocycles. The van der Waals surface area contributed by atoms with Gasteiger partial charge in [-0.1, -0.05) is 25.5 Å². The molecule has 0 aromatic rings. The summed E-state index contributed by atoms with van der Waals surface area (Å²) in [6.45, 7) is 8.94. The minimum absolute atomic E-state index is 0.0901. The standard InChI is InChI=1S/C22H34O2/c1-14-5-6-16-7-8-17-18-9-10-20(24-15(2)23)21(18,3)12-11-19(17)22(16,4)13-14/h5,16-20H,6-13H2,1-4H3/t16-,17+,18+,19+,20+,21+,22+/m1/s1. The molecule has 0 aromatic heterocycles. The maximum absolute atomic E-state index is 11.5. The number of ether oxygens (including phenoxy) is 1. The summed E-state index contributed by atoms with van der Waals surface area (Å²) in [5, 5.41) is 0. The predicted octanol–water partition coefficient (Wildman–Crippen LogP) is 5.52. The van der Waals surface area contributed by atoms with Crippen LogP contribution in [0.15, 0.2) is 11.6 Å². The molecule has 3 saturated carbocycles. The van der Waals surface area contributed by atoms with Crippen molar-refractivity contribution in [3.05, 3.63) is 11.6 Å². The van der Waals surface area contributed by atoms with Crippen molar-refractivity contribution in [2.75, 3.05) is 0 Å². The highest BCUT2D eigenvalue weighted by Crippen LogP contribution is 2.66. The van der Waals surface area contributed by atoms with E-state index < -0.39 is 0 Å². The van der Waals surface area contributed by atoms with Gasteiger partial charge in [0.2, 0.25) is 0 Å². The molecule has 0 N–H and O–H groups in total. The highest BCUT2D eigenvalue weighted by molar-refractivity contribution is 5.66. The lowest BCUT2D eigenvalue weighted by atomic mass is 9.45. The summed E-state index contributed by atoms with van der Waals surface area (Å²) in [7, 11) is 0. The van der Waals surface area contributed by atoms with E-state index in [2.05, 4.69) is 26.8 Å². The molecule has 0 aliphatic heterocycles. The third kappa shape index (κ3) is 2.31. The first-order chi connectivity index (χ1) is 11.3. The van der Waals surface area contributed by atoms with Crippen molar-refractivity contribution < 1.29 is 9.53 Å². The lowest BCUT2D eigenvalue weighted by Crippen LogP contribution is -2.53. The van der Waals surface area contributed by atoms with Crippen LogP contribution in [0.2, 0.25) is 0 Å². The second-order valence-electron chi connectivity index (χ2n) is 9.84. The van der Waals surface area contributed by atoms with Crippen molar-refractivity contribution in [2.24, 2.45) is 34.5 Å². The third-order valence-electron chi connectivity index (χ3n) is 8.70. The zero-order chi connectivity index (χ0) is 17.1. The van der Waals surface area contributed by atoms with Gasteiger partial charge < -0.3 is 4.74 Å². The fraction of sp³-hybridized carbons (Fsp3) is 0.864. The summed E-state index contributed by atoms with van der Waals surface area (Å²) in [6.07, 6.45) is 13.1. The van der Waals surface area contributed by atoms with Gasteiger partial charge in [-0.05, 0) is 87.4 Å². The Bertz CT molecular complexity index is 564. The summed E-state index contributed by atoms with van der Waals surface area (Å²) in [4.78, 5) is 11.5. The van der Waals surface area contributed by atoms with E-state index in [-0.39, 0.29) is 17.5 Å². The molecular weight excluding hydrogens is 296 g/mol. The van der Waals surface area contributed by atoms with Gasteiger partial charge in [0, 0.05) is 12.3 Å². The van der Waals surface area contributed by atoms with Crippen molar-refractivity contribution >= 4 is 5.97 Å². The first kappa shape index (κ1) is 16.7. The SMILES string of the molecule is CC(=O)O[C@H]1CC[C@H]2[C@@H]3CC[C@H]4CC=C(C)C[C@]4(C)[C@H]3CC[C@]12C. The summed E-state index contributed by atoms with van der Waals surface area (Å²) in [6, 6.07) is 0. The monoisotopic (exact) mass is 330 g/mol. The number of rotatable bonds is 1. The molecule has 0 unspecified atom stereocenters. The summed E-state index contributed by atoms with van der Waals surface area (Å²) in [5.41, 5.74) is 2.37. The van der Waals surface area contributed by atoms with Crippen LogP contribution < -0.4 is 0 Å². The number of hydrogen-bond donors (Lipinski definition) is 0. The Morgan fingerprint density at radius 2 is 1.83 bits per heavy atom. The lowest BCUT2D eigenvalue weighted by Gasteiger charge is -2.60. The van der Waals surface area contributed by atoms with Gasteiger partial charge in [0.25, 0.3) is 0 Å². The Hall–Kier alpha value is -0.790. The molecular formula is C22H34O2. The highest BCUT2D eigenvalue weighted by Gasteiger charge is 2.60. The van der Waals surface area contributed by atoms with Crippen molar-refractivity contribution in [2.45, 2.75) is 85.2 Å². The van der Waals surface area contributed by atoms with Crippen LogP contribution >= 0.6 is 0 Å². The van der Waals surface area contributed by atoms with Crippen LogP contribution in [0.1, 0.15) is 79.1 Å². The van der Waals surface area contributed by atoms with Gasteiger partial charge in [0.05, 0.1) is 0 Å². The van der Waals surface area contributed by atoms with Gasteiger partial charge in [-0.2, -0.15) is 0 Å². The van der Waals surface area contributed by atoms with Crippen LogP contribution in [-0.4, -0.2) is 12.1 Å². The lowest BCUT2D eigenvalue weighted by molar-refractivity contribution is -0.160. The second kappa shape index (κ2) is 5.61. The third-order valence-corrected chi connectivity index (χ3v) is 8.70. The van der Waals surface area contributed by atoms with Crippen molar-refractivity contribution in [1.82, 2.24) is 0 Å². The second-order valence-corrected chi connectivity index (χ2v) is 9.84. The Kier molecular flexibility index (Phi) is 3.89. The van der Waals surface area contributed by atoms with Crippen LogP contribution in [0.5, 0.6) is 0 Å². The zero-order valence-electron chi connectivity index (χ0n) is 15.9. The Balaban J connectivity index is 1.60. The topological polar surface area (TPSA) is 26.3 Å². The maximum atomic E-state index is 11.5. The summed E-state index contributed by atoms with van der Waals surface area (Å²) >= 11 is 0. The molecule has 24 heavy (non-hydrogen) atoms. The molecule has 3 fully saturated rings. The van der Waals surface area contributed by atoms with E-state index in [1.807, 2.05) is 0 Å². The average molecular weight is 331 g/mol. The van der Waals surface area contributed by atoms with Crippen LogP contribution in [0.4, 0.5) is 0 Å². The molecule has 7 atom stereocenters. The van der Waals surface area contributed by atoms with E-state index >= 15 is 0 Å². The largest absolute Gasteiger partial charge is 0.462 e. The van der Waals surface area contributed by atoms with E-state index in [0.717, 1.165) is 30.1 Å². The van der Waals surface area contributed by atoms with Crippen molar-refractivity contribution in [3.63, 3.8) is 0 Å². The van der Waals surface area contributed by atoms with Gasteiger partial charge in [0.15, 0.2) is 0 Å². The Labute approximate surface area is 147 Å². The van der Waals surface area contributed by atoms with Gasteiger partial charge in [-0.15, -0.1) is 0 Å². The first-order valence-electron chi connectivity index (χ1n) is 10.2. The fourth-order valence-corrected chi connectivity index (χ4v) is 7.56. The highest BCUT2D eigenvalue weighted by atomic mass is 16.5. The molecule has 0 saturated heterocycles. The van der Waals surface area contributed by atoms with Gasteiger partial charge in [-0.3, -0.25) is 4.79 Å². The molecule has 0 spiro atoms. The first-order valence-corrected chi connectivity index (χ1v) is 10.2. The number of carbonyl (C=O) groups excluding carboxylic acids is 1. The number of carbonyl (C=O) groups is 1. The molecule has 4 aliphatic rings. The van der Waals surface area contributed by atoms with Crippen LogP contribution in [0.25, 0.3) is 0 Å². The Morgan fingerprint density at radius 1 is 1.08 bits per heavy atom. The maximum Gasteiger partial charge on any atom is 0.302 e. The molecule has 0 radical (unpaired) electrons. The van der Waals surface area contributed by atoms with E-state index in [0.29, 0.717) is 5.41 Å². The molecule has 134 valence electrons. The van der Waals surface area contributed by atoms with Crippen molar-refractivity contribution in [3.8, 4) is 0 Å². The predicted molar refractivity (Wildman–Crippen MR) is 96.4 cm³/mol. The molecule has 2 nitrogen and oxygen atoms in total. The molecule has 0 amide bonds. The molecule has 0 aromatic carbocycles. The Morgan fingerprint density at radius 3 is 2.58 bits per heavy atom. The van der Waals surface area contributed by atoms with E-state index in [1.54, 1.807) is 12.5 Å². The fourth-order valence-electron chi connectivity index (χ4n) is 7.56. The van der Waals surface area contributed by atoms with Gasteiger partial charge in [0.1, 0.15) is 6.10 Å². The van der Waals surface area contributed by atoms with E-state index in [4.69, 9.17) is 4.74 Å². The molecule has 4 rings (SSSR count). The number of hydrogen-bond acceptors (Lipinski definition) is 2. The summed E-state index contributed by atoms with van der Waals surface area (Å²) < 4.78 is 5.76. The van der Waals surface area contributed by atoms with Crippen LogP contribution in [0.3, 0.4) is 0 Å². The van der Waals surface area contributed by atoms with Crippen molar-refractivity contribution in [1.29, 1.82) is 0 Å². The van der Waals surface area contributed by atoms with Gasteiger partial charge >= 0.3 is 5.97 Å². The quantitative estimate of drug-likeness (QED) is 0.467. The molecule has 0 bridgehead atoms. The number of allylic oxidation sites excluding steroid dienone is 2. The number of esters is 1. The van der Waals surface area contributed by atoms with E-state index in [1.165, 1.54) is 44.9 Å². The average Bonchev–Trinajstić information content (AvgIpc) is 2.82. The summed E-state index contributed by atoms with van der Waals surface area (Å²) in [5.74, 6) is 3.32. The molecule has 0 heterocycles. The molecule has 2 heteroatoms. The van der Waals surface area contributed by atoms with Gasteiger partial charge in [-0.25, -0.2) is 0 Å².